The highest BCUT2D eigenvalue weighted by Gasteiger charge is 2.32. The van der Waals surface area contributed by atoms with Gasteiger partial charge >= 0.3 is 0 Å². The van der Waals surface area contributed by atoms with Gasteiger partial charge in [0.25, 0.3) is 0 Å². The number of rotatable bonds is 5. The number of carbonyl (C=O) groups is 2. The second-order valence-corrected chi connectivity index (χ2v) is 5.47. The van der Waals surface area contributed by atoms with Crippen molar-refractivity contribution in [2.24, 2.45) is 5.41 Å². The summed E-state index contributed by atoms with van der Waals surface area (Å²) in [4.78, 5) is 25.1. The SMILES string of the molecule is CC(C)(C)C(=O)NCC(=O)N(CCO)C1CC1. The van der Waals surface area contributed by atoms with Gasteiger partial charge in [-0.15, -0.1) is 0 Å². The van der Waals surface area contributed by atoms with Crippen LogP contribution in [0.3, 0.4) is 0 Å². The second-order valence-electron chi connectivity index (χ2n) is 5.47. The van der Waals surface area contributed by atoms with Crippen LogP contribution in [0, 0.1) is 5.41 Å². The zero-order valence-electron chi connectivity index (χ0n) is 10.8. The lowest BCUT2D eigenvalue weighted by Gasteiger charge is -2.23. The molecule has 0 spiro atoms. The van der Waals surface area contributed by atoms with Crippen LogP contribution in [0.2, 0.25) is 0 Å². The highest BCUT2D eigenvalue weighted by molar-refractivity contribution is 5.87. The van der Waals surface area contributed by atoms with Crippen molar-refractivity contribution in [2.75, 3.05) is 19.7 Å². The molecule has 5 heteroatoms. The van der Waals surface area contributed by atoms with Crippen molar-refractivity contribution in [3.63, 3.8) is 0 Å². The molecule has 0 aromatic rings. The normalized spacial score (nSPS) is 15.5. The van der Waals surface area contributed by atoms with Crippen molar-refractivity contribution in [3.8, 4) is 0 Å². The van der Waals surface area contributed by atoms with E-state index in [-0.39, 0.29) is 31.0 Å². The summed E-state index contributed by atoms with van der Waals surface area (Å²) in [6.07, 6.45) is 2.00. The van der Waals surface area contributed by atoms with E-state index in [1.165, 1.54) is 0 Å². The second kappa shape index (κ2) is 5.49. The van der Waals surface area contributed by atoms with Gasteiger partial charge < -0.3 is 15.3 Å². The van der Waals surface area contributed by atoms with Gasteiger partial charge in [0.05, 0.1) is 13.2 Å². The highest BCUT2D eigenvalue weighted by Crippen LogP contribution is 2.26. The number of hydrogen-bond donors (Lipinski definition) is 2. The fraction of sp³-hybridized carbons (Fsp3) is 0.833. The lowest BCUT2D eigenvalue weighted by atomic mass is 9.96. The molecular formula is C12H22N2O3. The first-order chi connectivity index (χ1) is 7.86. The molecule has 0 saturated heterocycles. The Morgan fingerprint density at radius 1 is 1.35 bits per heavy atom. The van der Waals surface area contributed by atoms with E-state index in [1.54, 1.807) is 25.7 Å². The summed E-state index contributed by atoms with van der Waals surface area (Å²) >= 11 is 0. The minimum absolute atomic E-state index is 0.0204. The molecule has 0 aromatic heterocycles. The third kappa shape index (κ3) is 4.34. The van der Waals surface area contributed by atoms with Crippen molar-refractivity contribution in [3.05, 3.63) is 0 Å². The number of aliphatic hydroxyl groups is 1. The predicted molar refractivity (Wildman–Crippen MR) is 64.3 cm³/mol. The minimum Gasteiger partial charge on any atom is -0.395 e. The minimum atomic E-state index is -0.484. The summed E-state index contributed by atoms with van der Waals surface area (Å²) in [6.45, 7) is 5.76. The van der Waals surface area contributed by atoms with Gasteiger partial charge in [-0.2, -0.15) is 0 Å². The topological polar surface area (TPSA) is 69.6 Å². The highest BCUT2D eigenvalue weighted by atomic mass is 16.3. The van der Waals surface area contributed by atoms with Gasteiger partial charge in [-0.05, 0) is 12.8 Å². The molecule has 0 bridgehead atoms. The van der Waals surface area contributed by atoms with Crippen molar-refractivity contribution in [1.82, 2.24) is 10.2 Å². The van der Waals surface area contributed by atoms with Gasteiger partial charge in [-0.25, -0.2) is 0 Å². The van der Waals surface area contributed by atoms with Crippen LogP contribution in [0.15, 0.2) is 0 Å². The Bertz CT molecular complexity index is 293. The van der Waals surface area contributed by atoms with Gasteiger partial charge in [0, 0.05) is 18.0 Å². The van der Waals surface area contributed by atoms with E-state index in [1.807, 2.05) is 0 Å². The molecule has 0 unspecified atom stereocenters. The lowest BCUT2D eigenvalue weighted by molar-refractivity contribution is -0.135. The maximum atomic E-state index is 11.8. The molecule has 2 N–H and O–H groups in total. The van der Waals surface area contributed by atoms with Crippen molar-refractivity contribution < 1.29 is 14.7 Å². The maximum absolute atomic E-state index is 11.8. The molecule has 5 nitrogen and oxygen atoms in total. The molecule has 1 saturated carbocycles. The molecule has 0 aliphatic heterocycles. The van der Waals surface area contributed by atoms with Gasteiger partial charge in [-0.1, -0.05) is 20.8 Å². The number of nitrogens with zero attached hydrogens (tertiary/aromatic N) is 1. The summed E-state index contributed by atoms with van der Waals surface area (Å²) in [5.74, 6) is -0.246. The van der Waals surface area contributed by atoms with E-state index in [0.717, 1.165) is 12.8 Å². The van der Waals surface area contributed by atoms with Gasteiger partial charge in [0.15, 0.2) is 0 Å². The van der Waals surface area contributed by atoms with E-state index in [4.69, 9.17) is 5.11 Å². The first kappa shape index (κ1) is 14.0. The van der Waals surface area contributed by atoms with Crippen molar-refractivity contribution >= 4 is 11.8 Å². The smallest absolute Gasteiger partial charge is 0.242 e. The number of aliphatic hydroxyl groups excluding tert-OH is 1. The Labute approximate surface area is 102 Å². The molecule has 1 fully saturated rings. The Balaban J connectivity index is 2.39. The molecule has 2 amide bonds. The number of amides is 2. The van der Waals surface area contributed by atoms with Crippen LogP contribution < -0.4 is 5.32 Å². The number of nitrogens with one attached hydrogen (secondary N) is 1. The van der Waals surface area contributed by atoms with E-state index in [0.29, 0.717) is 6.54 Å². The van der Waals surface area contributed by atoms with Crippen molar-refractivity contribution in [2.45, 2.75) is 39.7 Å². The predicted octanol–water partition coefficient (Wildman–Crippen LogP) is 0.132. The Morgan fingerprint density at radius 2 is 1.94 bits per heavy atom. The Hall–Kier alpha value is -1.10. The van der Waals surface area contributed by atoms with Crippen LogP contribution in [0.25, 0.3) is 0 Å². The van der Waals surface area contributed by atoms with Gasteiger partial charge in [-0.3, -0.25) is 9.59 Å². The van der Waals surface area contributed by atoms with Gasteiger partial charge in [0.2, 0.25) is 11.8 Å². The fourth-order valence-electron chi connectivity index (χ4n) is 1.53. The standard InChI is InChI=1S/C12H22N2O3/c1-12(2,3)11(17)13-8-10(16)14(6-7-15)9-4-5-9/h9,15H,4-8H2,1-3H3,(H,13,17). The van der Waals surface area contributed by atoms with E-state index in [9.17, 15) is 9.59 Å². The van der Waals surface area contributed by atoms with Crippen LogP contribution in [-0.2, 0) is 9.59 Å². The number of hydrogen-bond acceptors (Lipinski definition) is 3. The van der Waals surface area contributed by atoms with Crippen LogP contribution in [0.5, 0.6) is 0 Å². The summed E-state index contributed by atoms with van der Waals surface area (Å²) in [5.41, 5.74) is -0.484. The molecule has 0 heterocycles. The molecule has 0 atom stereocenters. The molecule has 1 aliphatic carbocycles. The monoisotopic (exact) mass is 242 g/mol. The fourth-order valence-corrected chi connectivity index (χ4v) is 1.53. The average Bonchev–Trinajstić information content (AvgIpc) is 3.04. The molecule has 0 radical (unpaired) electrons. The van der Waals surface area contributed by atoms with Crippen LogP contribution in [0.1, 0.15) is 33.6 Å². The first-order valence-electron chi connectivity index (χ1n) is 6.05. The zero-order chi connectivity index (χ0) is 13.1. The maximum Gasteiger partial charge on any atom is 0.242 e. The van der Waals surface area contributed by atoms with E-state index >= 15 is 0 Å². The van der Waals surface area contributed by atoms with Crippen LogP contribution in [0.4, 0.5) is 0 Å². The number of carbonyl (C=O) groups excluding carboxylic acids is 2. The largest absolute Gasteiger partial charge is 0.395 e. The molecule has 0 aromatic carbocycles. The average molecular weight is 242 g/mol. The van der Waals surface area contributed by atoms with E-state index < -0.39 is 5.41 Å². The zero-order valence-corrected chi connectivity index (χ0v) is 10.8. The Kier molecular flexibility index (Phi) is 4.51. The lowest BCUT2D eigenvalue weighted by Crippen LogP contribution is -2.45. The summed E-state index contributed by atoms with van der Waals surface area (Å²) in [6, 6.07) is 0.265. The van der Waals surface area contributed by atoms with Crippen LogP contribution in [-0.4, -0.2) is 47.6 Å². The van der Waals surface area contributed by atoms with Gasteiger partial charge in [0.1, 0.15) is 0 Å². The molecule has 1 aliphatic rings. The molecule has 1 rings (SSSR count). The quantitative estimate of drug-likeness (QED) is 0.720. The molecule has 98 valence electrons. The summed E-state index contributed by atoms with van der Waals surface area (Å²) < 4.78 is 0. The van der Waals surface area contributed by atoms with Crippen LogP contribution >= 0.6 is 0 Å². The summed E-state index contributed by atoms with van der Waals surface area (Å²) in [7, 11) is 0. The third-order valence-corrected chi connectivity index (χ3v) is 2.73. The molecule has 17 heavy (non-hydrogen) atoms. The first-order valence-corrected chi connectivity index (χ1v) is 6.05. The summed E-state index contributed by atoms with van der Waals surface area (Å²) in [5, 5.41) is 11.5. The Morgan fingerprint density at radius 3 is 2.35 bits per heavy atom. The van der Waals surface area contributed by atoms with Crippen molar-refractivity contribution in [1.29, 1.82) is 0 Å². The molecular weight excluding hydrogens is 220 g/mol. The third-order valence-electron chi connectivity index (χ3n) is 2.73. The van der Waals surface area contributed by atoms with E-state index in [2.05, 4.69) is 5.32 Å².